The van der Waals surface area contributed by atoms with Crippen molar-refractivity contribution < 1.29 is 14.6 Å². The minimum atomic E-state index is -0.785. The van der Waals surface area contributed by atoms with Gasteiger partial charge in [0.25, 0.3) is 0 Å². The molecule has 1 aromatic heterocycles. The van der Waals surface area contributed by atoms with Crippen molar-refractivity contribution in [3.8, 4) is 5.75 Å². The summed E-state index contributed by atoms with van der Waals surface area (Å²) < 4.78 is 13.7. The maximum Gasteiger partial charge on any atom is 0.305 e. The zero-order chi connectivity index (χ0) is 24.4. The van der Waals surface area contributed by atoms with Crippen LogP contribution in [0.3, 0.4) is 0 Å². The predicted molar refractivity (Wildman–Crippen MR) is 136 cm³/mol. The first-order chi connectivity index (χ1) is 17.0. The normalized spacial score (nSPS) is 18.1. The van der Waals surface area contributed by atoms with E-state index in [-0.39, 0.29) is 16.4 Å². The third-order valence-electron chi connectivity index (χ3n) is 6.52. The summed E-state index contributed by atoms with van der Waals surface area (Å²) in [5, 5.41) is 27.4. The van der Waals surface area contributed by atoms with Gasteiger partial charge in [-0.2, -0.15) is 0 Å². The van der Waals surface area contributed by atoms with E-state index in [1.807, 2.05) is 12.1 Å². The number of phenols is 1. The summed E-state index contributed by atoms with van der Waals surface area (Å²) in [6.07, 6.45) is 1.11. The van der Waals surface area contributed by atoms with Crippen LogP contribution in [0.25, 0.3) is 10.2 Å². The monoisotopic (exact) mass is 493 g/mol. The van der Waals surface area contributed by atoms with Gasteiger partial charge in [0.05, 0.1) is 10.8 Å². The van der Waals surface area contributed by atoms with Gasteiger partial charge in [0.2, 0.25) is 0 Å². The second-order valence-electron chi connectivity index (χ2n) is 9.06. The number of thiazole rings is 1. The van der Waals surface area contributed by atoms with Crippen molar-refractivity contribution >= 4 is 21.6 Å². The van der Waals surface area contributed by atoms with E-state index >= 15 is 0 Å². The highest BCUT2D eigenvalue weighted by Gasteiger charge is 2.37. The summed E-state index contributed by atoms with van der Waals surface area (Å²) in [5.41, 5.74) is 4.62. The number of phenolic OH excluding ortho intramolecular Hbond substituents is 1. The molecular formula is C27H28FN3O3S. The van der Waals surface area contributed by atoms with E-state index in [2.05, 4.69) is 39.9 Å². The number of H-pyrrole nitrogens is 1. The van der Waals surface area contributed by atoms with Crippen LogP contribution >= 0.6 is 11.3 Å². The Balaban J connectivity index is 1.08. The fraction of sp³-hybridized carbons (Fsp3) is 0.296. The van der Waals surface area contributed by atoms with Crippen molar-refractivity contribution in [2.24, 2.45) is 0 Å². The number of aromatic amines is 1. The Morgan fingerprint density at radius 1 is 1.11 bits per heavy atom. The highest BCUT2D eigenvalue weighted by Crippen LogP contribution is 2.40. The van der Waals surface area contributed by atoms with Crippen molar-refractivity contribution in [1.29, 1.82) is 0 Å². The molecule has 0 aliphatic heterocycles. The number of benzene rings is 3. The van der Waals surface area contributed by atoms with E-state index in [1.165, 1.54) is 34.9 Å². The van der Waals surface area contributed by atoms with Gasteiger partial charge in [-0.3, -0.25) is 4.79 Å². The van der Waals surface area contributed by atoms with Gasteiger partial charge >= 0.3 is 4.87 Å². The first kappa shape index (κ1) is 23.7. The van der Waals surface area contributed by atoms with Gasteiger partial charge in [-0.25, -0.2) is 4.39 Å². The SMILES string of the molecule is O=c1[nH]c2c(O)ccc([C@@H](O)CNCCc3cccc(CN[C@@H]4C[C@H]4c4ccc(F)cc4)c3)c2s1. The van der Waals surface area contributed by atoms with E-state index < -0.39 is 6.10 Å². The number of aromatic nitrogens is 1. The molecule has 4 aromatic rings. The Labute approximate surface area is 206 Å². The zero-order valence-electron chi connectivity index (χ0n) is 19.1. The first-order valence-electron chi connectivity index (χ1n) is 11.8. The third kappa shape index (κ3) is 5.62. The van der Waals surface area contributed by atoms with Crippen LogP contribution in [0.5, 0.6) is 5.75 Å². The van der Waals surface area contributed by atoms with Gasteiger partial charge in [0.1, 0.15) is 17.1 Å². The summed E-state index contributed by atoms with van der Waals surface area (Å²) in [4.78, 5) is 14.0. The number of hydrogen-bond donors (Lipinski definition) is 5. The Hall–Kier alpha value is -3.04. The Morgan fingerprint density at radius 3 is 2.74 bits per heavy atom. The van der Waals surface area contributed by atoms with Crippen LogP contribution in [0, 0.1) is 5.82 Å². The zero-order valence-corrected chi connectivity index (χ0v) is 19.9. The summed E-state index contributed by atoms with van der Waals surface area (Å²) in [6, 6.07) is 18.8. The lowest BCUT2D eigenvalue weighted by Gasteiger charge is -2.14. The molecule has 5 N–H and O–H groups in total. The third-order valence-corrected chi connectivity index (χ3v) is 7.45. The molecular weight excluding hydrogens is 465 g/mol. The number of halogens is 1. The maximum atomic E-state index is 13.1. The molecule has 1 saturated carbocycles. The van der Waals surface area contributed by atoms with Crippen LogP contribution < -0.4 is 15.5 Å². The summed E-state index contributed by atoms with van der Waals surface area (Å²) >= 11 is 0.989. The topological polar surface area (TPSA) is 97.4 Å². The Kier molecular flexibility index (Phi) is 6.97. The molecule has 0 bridgehead atoms. The van der Waals surface area contributed by atoms with Crippen molar-refractivity contribution in [2.45, 2.75) is 37.5 Å². The van der Waals surface area contributed by atoms with Crippen LogP contribution in [0.15, 0.2) is 65.5 Å². The molecule has 0 amide bonds. The van der Waals surface area contributed by atoms with Crippen molar-refractivity contribution in [3.05, 3.63) is 98.4 Å². The molecule has 3 aromatic carbocycles. The van der Waals surface area contributed by atoms with Gasteiger partial charge in [-0.15, -0.1) is 0 Å². The number of hydrogen-bond acceptors (Lipinski definition) is 6. The lowest BCUT2D eigenvalue weighted by atomic mass is 10.1. The standard InChI is InChI=1S/C27H28FN3O3S/c28-19-6-4-18(5-7-19)21-13-22(21)30-14-17-3-1-2-16(12-17)10-11-29-15-24(33)20-8-9-23(32)25-26(20)35-27(34)31-25/h1-9,12,21-22,24,29-30,32-33H,10-11,13-15H2,(H,31,34)/t21-,22+,24-/m0/s1. The smallest absolute Gasteiger partial charge is 0.305 e. The van der Waals surface area contributed by atoms with E-state index in [1.54, 1.807) is 6.07 Å². The fourth-order valence-electron chi connectivity index (χ4n) is 4.53. The van der Waals surface area contributed by atoms with Gasteiger partial charge in [-0.1, -0.05) is 53.8 Å². The molecule has 1 heterocycles. The van der Waals surface area contributed by atoms with Crippen LogP contribution in [-0.4, -0.2) is 34.3 Å². The highest BCUT2D eigenvalue weighted by atomic mass is 32.1. The fourth-order valence-corrected chi connectivity index (χ4v) is 5.44. The second kappa shape index (κ2) is 10.3. The second-order valence-corrected chi connectivity index (χ2v) is 10.0. The highest BCUT2D eigenvalue weighted by molar-refractivity contribution is 7.16. The quantitative estimate of drug-likeness (QED) is 0.216. The van der Waals surface area contributed by atoms with Gasteiger partial charge < -0.3 is 25.8 Å². The molecule has 0 spiro atoms. The molecule has 0 radical (unpaired) electrons. The van der Waals surface area contributed by atoms with E-state index in [0.717, 1.165) is 30.7 Å². The number of aliphatic hydroxyl groups is 1. The Bertz CT molecular complexity index is 1370. The molecule has 8 heteroatoms. The molecule has 1 fully saturated rings. The molecule has 182 valence electrons. The maximum absolute atomic E-state index is 13.1. The van der Waals surface area contributed by atoms with E-state index in [9.17, 15) is 19.4 Å². The lowest BCUT2D eigenvalue weighted by molar-refractivity contribution is 0.176. The lowest BCUT2D eigenvalue weighted by Crippen LogP contribution is -2.24. The first-order valence-corrected chi connectivity index (χ1v) is 12.6. The van der Waals surface area contributed by atoms with Gasteiger partial charge in [-0.05, 0) is 54.3 Å². The van der Waals surface area contributed by atoms with Crippen LogP contribution in [-0.2, 0) is 13.0 Å². The van der Waals surface area contributed by atoms with Crippen LogP contribution in [0.4, 0.5) is 4.39 Å². The molecule has 1 aliphatic carbocycles. The summed E-state index contributed by atoms with van der Waals surface area (Å²) in [7, 11) is 0. The largest absolute Gasteiger partial charge is 0.506 e. The predicted octanol–water partition coefficient (Wildman–Crippen LogP) is 3.95. The van der Waals surface area contributed by atoms with Crippen LogP contribution in [0.2, 0.25) is 0 Å². The van der Waals surface area contributed by atoms with Gasteiger partial charge in [0.15, 0.2) is 0 Å². The Morgan fingerprint density at radius 2 is 1.91 bits per heavy atom. The number of rotatable bonds is 10. The van der Waals surface area contributed by atoms with Crippen molar-refractivity contribution in [3.63, 3.8) is 0 Å². The van der Waals surface area contributed by atoms with E-state index in [0.29, 0.717) is 40.8 Å². The molecule has 5 rings (SSSR count). The number of aliphatic hydroxyl groups excluding tert-OH is 1. The molecule has 0 saturated heterocycles. The number of nitrogens with one attached hydrogen (secondary N) is 3. The number of aromatic hydroxyl groups is 1. The van der Waals surface area contributed by atoms with Gasteiger partial charge in [0, 0.05) is 30.6 Å². The minimum absolute atomic E-state index is 0.00397. The molecule has 0 unspecified atom stereocenters. The van der Waals surface area contributed by atoms with E-state index in [4.69, 9.17) is 0 Å². The van der Waals surface area contributed by atoms with Crippen molar-refractivity contribution in [2.75, 3.05) is 13.1 Å². The van der Waals surface area contributed by atoms with Crippen molar-refractivity contribution in [1.82, 2.24) is 15.6 Å². The molecule has 3 atom stereocenters. The minimum Gasteiger partial charge on any atom is -0.506 e. The molecule has 6 nitrogen and oxygen atoms in total. The number of fused-ring (bicyclic) bond motifs is 1. The van der Waals surface area contributed by atoms with Crippen LogP contribution in [0.1, 0.15) is 40.7 Å². The average molecular weight is 494 g/mol. The molecule has 35 heavy (non-hydrogen) atoms. The average Bonchev–Trinajstić information content (AvgIpc) is 3.52. The summed E-state index contributed by atoms with van der Waals surface area (Å²) in [6.45, 7) is 1.84. The summed E-state index contributed by atoms with van der Waals surface area (Å²) in [5.74, 6) is 0.261. The molecule has 1 aliphatic rings.